The molecule has 0 amide bonds. The van der Waals surface area contributed by atoms with Crippen molar-refractivity contribution in [2.24, 2.45) is 0 Å². The molecule has 1 radical (unpaired) electrons. The summed E-state index contributed by atoms with van der Waals surface area (Å²) < 4.78 is 4.99. The zero-order valence-electron chi connectivity index (χ0n) is 3.77. The molecule has 0 saturated heterocycles. The summed E-state index contributed by atoms with van der Waals surface area (Å²) in [6.45, 7) is 2.73. The smallest absolute Gasteiger partial charge is 0.0802 e. The van der Waals surface area contributed by atoms with Gasteiger partial charge in [0.05, 0.1) is 12.7 Å². The van der Waals surface area contributed by atoms with Gasteiger partial charge in [-0.3, -0.25) is 0 Å². The van der Waals surface area contributed by atoms with Crippen LogP contribution in [0.15, 0.2) is 6.08 Å². The lowest BCUT2D eigenvalue weighted by molar-refractivity contribution is 0.138. The average molecular weight is 83.1 g/mol. The Hall–Kier alpha value is -0.300. The highest BCUT2D eigenvalue weighted by Gasteiger charge is 1.99. The molecule has 1 heteroatoms. The van der Waals surface area contributed by atoms with Crippen LogP contribution in [0.4, 0.5) is 0 Å². The van der Waals surface area contributed by atoms with E-state index in [9.17, 15) is 0 Å². The van der Waals surface area contributed by atoms with E-state index in [4.69, 9.17) is 4.74 Å². The van der Waals surface area contributed by atoms with Crippen LogP contribution in [0, 0.1) is 6.08 Å². The molecule has 1 aliphatic heterocycles. The first kappa shape index (κ1) is 3.88. The van der Waals surface area contributed by atoms with Gasteiger partial charge in [0.15, 0.2) is 0 Å². The van der Waals surface area contributed by atoms with Crippen molar-refractivity contribution in [3.8, 4) is 0 Å². The van der Waals surface area contributed by atoms with Crippen LogP contribution < -0.4 is 0 Å². The molecule has 0 aromatic rings. The molecule has 0 aliphatic carbocycles. The molecular formula is C5H7O. The first-order valence-electron chi connectivity index (χ1n) is 2.09. The van der Waals surface area contributed by atoms with Crippen LogP contribution in [0.3, 0.4) is 0 Å². The second-order valence-electron chi connectivity index (χ2n) is 1.35. The molecule has 0 fully saturated rings. The standard InChI is InChI=1S/C5H7O/c1-5-3-2-4-6-5/h2,5H,4H2,1H3. The lowest BCUT2D eigenvalue weighted by Gasteiger charge is -1.93. The van der Waals surface area contributed by atoms with E-state index in [-0.39, 0.29) is 6.10 Å². The molecular weight excluding hydrogens is 76.1 g/mol. The maximum Gasteiger partial charge on any atom is 0.0802 e. The van der Waals surface area contributed by atoms with Crippen molar-refractivity contribution in [1.29, 1.82) is 0 Å². The SMILES string of the molecule is CC1[C]=CCO1. The first-order valence-corrected chi connectivity index (χ1v) is 2.09. The van der Waals surface area contributed by atoms with Crippen LogP contribution in [0.2, 0.25) is 0 Å². The lowest BCUT2D eigenvalue weighted by Crippen LogP contribution is -1.95. The number of hydrogen-bond acceptors (Lipinski definition) is 1. The molecule has 0 bridgehead atoms. The van der Waals surface area contributed by atoms with E-state index in [2.05, 4.69) is 6.08 Å². The monoisotopic (exact) mass is 83.0 g/mol. The molecule has 1 nitrogen and oxygen atoms in total. The van der Waals surface area contributed by atoms with Crippen molar-refractivity contribution >= 4 is 0 Å². The Morgan fingerprint density at radius 2 is 2.83 bits per heavy atom. The molecule has 0 aromatic carbocycles. The largest absolute Gasteiger partial charge is 0.370 e. The fourth-order valence-electron chi connectivity index (χ4n) is 0.455. The van der Waals surface area contributed by atoms with Gasteiger partial charge in [-0.2, -0.15) is 0 Å². The van der Waals surface area contributed by atoms with Crippen molar-refractivity contribution in [3.05, 3.63) is 12.2 Å². The quantitative estimate of drug-likeness (QED) is 0.420. The summed E-state index contributed by atoms with van der Waals surface area (Å²) in [6.07, 6.45) is 5.12. The van der Waals surface area contributed by atoms with E-state index in [1.54, 1.807) is 0 Å². The third-order valence-corrected chi connectivity index (χ3v) is 0.782. The fraction of sp³-hybridized carbons (Fsp3) is 0.600. The van der Waals surface area contributed by atoms with Gasteiger partial charge in [-0.1, -0.05) is 6.08 Å². The van der Waals surface area contributed by atoms with Crippen molar-refractivity contribution in [2.45, 2.75) is 13.0 Å². The summed E-state index contributed by atoms with van der Waals surface area (Å²) in [5, 5.41) is 0. The summed E-state index contributed by atoms with van der Waals surface area (Å²) in [4.78, 5) is 0. The minimum atomic E-state index is 0.241. The molecule has 0 spiro atoms. The molecule has 1 atom stereocenters. The van der Waals surface area contributed by atoms with Crippen LogP contribution in [-0.4, -0.2) is 12.7 Å². The maximum absolute atomic E-state index is 4.99. The zero-order chi connectivity index (χ0) is 4.41. The van der Waals surface area contributed by atoms with Gasteiger partial charge in [0, 0.05) is 0 Å². The van der Waals surface area contributed by atoms with Crippen LogP contribution in [0.25, 0.3) is 0 Å². The molecule has 0 saturated carbocycles. The third kappa shape index (κ3) is 0.601. The maximum atomic E-state index is 4.99. The van der Waals surface area contributed by atoms with Crippen molar-refractivity contribution in [3.63, 3.8) is 0 Å². The van der Waals surface area contributed by atoms with Gasteiger partial charge < -0.3 is 4.74 Å². The van der Waals surface area contributed by atoms with Gasteiger partial charge in [-0.05, 0) is 13.0 Å². The van der Waals surface area contributed by atoms with Crippen LogP contribution in [0.5, 0.6) is 0 Å². The van der Waals surface area contributed by atoms with Crippen LogP contribution in [0.1, 0.15) is 6.92 Å². The van der Waals surface area contributed by atoms with E-state index in [0.717, 1.165) is 6.61 Å². The summed E-state index contributed by atoms with van der Waals surface area (Å²) in [5.41, 5.74) is 0. The molecule has 6 heavy (non-hydrogen) atoms. The topological polar surface area (TPSA) is 9.23 Å². The van der Waals surface area contributed by atoms with E-state index in [1.165, 1.54) is 0 Å². The minimum Gasteiger partial charge on any atom is -0.370 e. The second kappa shape index (κ2) is 1.43. The Morgan fingerprint density at radius 3 is 3.00 bits per heavy atom. The molecule has 1 unspecified atom stereocenters. The molecule has 1 rings (SSSR count). The van der Waals surface area contributed by atoms with Gasteiger partial charge in [0.1, 0.15) is 0 Å². The number of ether oxygens (including phenoxy) is 1. The van der Waals surface area contributed by atoms with Gasteiger partial charge in [-0.15, -0.1) is 0 Å². The molecule has 33 valence electrons. The third-order valence-electron chi connectivity index (χ3n) is 0.782. The van der Waals surface area contributed by atoms with E-state index >= 15 is 0 Å². The summed E-state index contributed by atoms with van der Waals surface area (Å²) in [6, 6.07) is 0. The predicted molar refractivity (Wildman–Crippen MR) is 23.2 cm³/mol. The summed E-state index contributed by atoms with van der Waals surface area (Å²) >= 11 is 0. The average Bonchev–Trinajstić information content (AvgIpc) is 1.86. The van der Waals surface area contributed by atoms with E-state index in [0.29, 0.717) is 0 Å². The Balaban J connectivity index is 2.38. The van der Waals surface area contributed by atoms with Gasteiger partial charge in [-0.25, -0.2) is 0 Å². The zero-order valence-corrected chi connectivity index (χ0v) is 3.77. The summed E-state index contributed by atoms with van der Waals surface area (Å²) in [7, 11) is 0. The Kier molecular flexibility index (Phi) is 0.926. The number of hydrogen-bond donors (Lipinski definition) is 0. The highest BCUT2D eigenvalue weighted by Crippen LogP contribution is 1.97. The normalized spacial score (nSPS) is 31.8. The van der Waals surface area contributed by atoms with Crippen molar-refractivity contribution in [1.82, 2.24) is 0 Å². The Labute approximate surface area is 37.6 Å². The second-order valence-corrected chi connectivity index (χ2v) is 1.35. The van der Waals surface area contributed by atoms with Gasteiger partial charge in [0.2, 0.25) is 0 Å². The Morgan fingerprint density at radius 1 is 2.00 bits per heavy atom. The molecule has 0 aromatic heterocycles. The Bertz CT molecular complexity index is 66.3. The first-order chi connectivity index (χ1) is 2.89. The lowest BCUT2D eigenvalue weighted by atomic mass is 10.4. The molecule has 1 aliphatic rings. The fourth-order valence-corrected chi connectivity index (χ4v) is 0.455. The predicted octanol–water partition coefficient (Wildman–Crippen LogP) is 0.764. The van der Waals surface area contributed by atoms with E-state index in [1.807, 2.05) is 13.0 Å². The highest BCUT2D eigenvalue weighted by molar-refractivity contribution is 4.84. The van der Waals surface area contributed by atoms with Crippen molar-refractivity contribution in [2.75, 3.05) is 6.61 Å². The highest BCUT2D eigenvalue weighted by atomic mass is 16.5. The van der Waals surface area contributed by atoms with E-state index < -0.39 is 0 Å². The van der Waals surface area contributed by atoms with Gasteiger partial charge >= 0.3 is 0 Å². The summed E-state index contributed by atoms with van der Waals surface area (Å²) in [5.74, 6) is 0. The van der Waals surface area contributed by atoms with Crippen LogP contribution >= 0.6 is 0 Å². The van der Waals surface area contributed by atoms with Crippen molar-refractivity contribution < 1.29 is 4.74 Å². The number of rotatable bonds is 0. The molecule has 0 N–H and O–H groups in total. The minimum absolute atomic E-state index is 0.241. The van der Waals surface area contributed by atoms with Crippen LogP contribution in [-0.2, 0) is 4.74 Å². The van der Waals surface area contributed by atoms with Gasteiger partial charge in [0.25, 0.3) is 0 Å². The molecule has 1 heterocycles.